The number of ether oxygens (including phenoxy) is 3. The number of halogens is 6. The minimum absolute atomic E-state index is 0.0216. The van der Waals surface area contributed by atoms with Gasteiger partial charge in [0.15, 0.2) is 5.65 Å². The number of aliphatic imine (C=N–C) groups is 1. The Kier molecular flexibility index (Phi) is 11.5. The molecule has 0 saturated heterocycles. The lowest BCUT2D eigenvalue weighted by Crippen LogP contribution is -2.42. The molecule has 2 heterocycles. The zero-order valence-corrected chi connectivity index (χ0v) is 28.1. The molecule has 272 valence electrons. The summed E-state index contributed by atoms with van der Waals surface area (Å²) < 4.78 is 98.3. The molecule has 2 aromatic heterocycles. The Morgan fingerprint density at radius 2 is 1.59 bits per heavy atom. The fourth-order valence-electron chi connectivity index (χ4n) is 5.46. The number of fused-ring (bicyclic) bond motifs is 1. The third-order valence-electron chi connectivity index (χ3n) is 7.99. The van der Waals surface area contributed by atoms with E-state index in [4.69, 9.17) is 14.2 Å². The van der Waals surface area contributed by atoms with Gasteiger partial charge in [0.1, 0.15) is 23.0 Å². The van der Waals surface area contributed by atoms with Crippen molar-refractivity contribution in [1.82, 2.24) is 19.5 Å². The minimum atomic E-state index is -5.12. The quantitative estimate of drug-likeness (QED) is 0.0672. The Hall–Kier alpha value is -5.35. The van der Waals surface area contributed by atoms with Crippen LogP contribution in [0.1, 0.15) is 72.3 Å². The van der Waals surface area contributed by atoms with Crippen molar-refractivity contribution in [3.05, 3.63) is 76.9 Å². The van der Waals surface area contributed by atoms with Crippen molar-refractivity contribution < 1.29 is 54.9 Å². The van der Waals surface area contributed by atoms with Gasteiger partial charge in [-0.3, -0.25) is 14.6 Å². The summed E-state index contributed by atoms with van der Waals surface area (Å²) in [6.45, 7) is 4.62. The maximum atomic E-state index is 13.9. The fourth-order valence-corrected chi connectivity index (χ4v) is 5.46. The molecule has 11 nitrogen and oxygen atoms in total. The molecule has 0 N–H and O–H groups in total. The van der Waals surface area contributed by atoms with E-state index in [1.165, 1.54) is 24.5 Å². The van der Waals surface area contributed by atoms with Crippen LogP contribution in [0.5, 0.6) is 0 Å². The molecule has 0 aliphatic rings. The maximum absolute atomic E-state index is 13.9. The van der Waals surface area contributed by atoms with Gasteiger partial charge >= 0.3 is 30.3 Å². The van der Waals surface area contributed by atoms with Gasteiger partial charge in [-0.05, 0) is 68.7 Å². The molecule has 0 fully saturated rings. The molecular formula is C34H33F6N5O6. The van der Waals surface area contributed by atoms with Crippen LogP contribution in [0.3, 0.4) is 0 Å². The van der Waals surface area contributed by atoms with Crippen LogP contribution in [0.4, 0.5) is 26.3 Å². The Bertz CT molecular complexity index is 1920. The predicted octanol–water partition coefficient (Wildman–Crippen LogP) is 6.77. The number of carbonyl (C=O) groups is 3. The number of carbonyl (C=O) groups excluding carboxylic acids is 3. The van der Waals surface area contributed by atoms with E-state index in [-0.39, 0.29) is 29.8 Å². The third kappa shape index (κ3) is 8.35. The van der Waals surface area contributed by atoms with Crippen molar-refractivity contribution in [1.29, 1.82) is 0 Å². The molecule has 1 atom stereocenters. The van der Waals surface area contributed by atoms with Gasteiger partial charge in [0, 0.05) is 24.2 Å². The lowest BCUT2D eigenvalue weighted by Gasteiger charge is -2.31. The SMILES string of the molecule is CCOC(=O)c1ccc(-c2ncnc3c2ncn3C(C)C)cc1C(CCC(=O)OC)(CN=Cc1cc(C(F)(F)F)cc(C(F)(F)F)c1)C(=O)OC. The maximum Gasteiger partial charge on any atom is 0.416 e. The first-order valence-corrected chi connectivity index (χ1v) is 15.4. The zero-order valence-electron chi connectivity index (χ0n) is 28.1. The minimum Gasteiger partial charge on any atom is -0.469 e. The first-order chi connectivity index (χ1) is 24.0. The number of methoxy groups -OCH3 is 2. The molecule has 0 saturated carbocycles. The summed E-state index contributed by atoms with van der Waals surface area (Å²) in [5.74, 6) is -2.67. The summed E-state index contributed by atoms with van der Waals surface area (Å²) in [6, 6.07) is 5.20. The van der Waals surface area contributed by atoms with E-state index < -0.39 is 71.8 Å². The van der Waals surface area contributed by atoms with Gasteiger partial charge in [-0.25, -0.2) is 19.7 Å². The molecule has 4 aromatic rings. The van der Waals surface area contributed by atoms with Crippen LogP contribution >= 0.6 is 0 Å². The van der Waals surface area contributed by atoms with E-state index in [0.717, 1.165) is 20.4 Å². The van der Waals surface area contributed by atoms with Gasteiger partial charge in [-0.2, -0.15) is 26.3 Å². The molecule has 0 spiro atoms. The number of benzene rings is 2. The predicted molar refractivity (Wildman–Crippen MR) is 171 cm³/mol. The van der Waals surface area contributed by atoms with Crippen molar-refractivity contribution in [2.24, 2.45) is 4.99 Å². The number of alkyl halides is 6. The van der Waals surface area contributed by atoms with Crippen molar-refractivity contribution in [2.45, 2.75) is 57.4 Å². The molecule has 0 aliphatic carbocycles. The van der Waals surface area contributed by atoms with Gasteiger partial charge in [0.2, 0.25) is 0 Å². The normalized spacial score (nSPS) is 13.4. The summed E-state index contributed by atoms with van der Waals surface area (Å²) in [7, 11) is 2.13. The largest absolute Gasteiger partial charge is 0.469 e. The Morgan fingerprint density at radius 3 is 2.16 bits per heavy atom. The average molecular weight is 722 g/mol. The Morgan fingerprint density at radius 1 is 0.922 bits per heavy atom. The van der Waals surface area contributed by atoms with Crippen molar-refractivity contribution in [3.8, 4) is 11.3 Å². The number of esters is 3. The van der Waals surface area contributed by atoms with Gasteiger partial charge in [0.05, 0.1) is 50.4 Å². The van der Waals surface area contributed by atoms with E-state index in [2.05, 4.69) is 19.9 Å². The van der Waals surface area contributed by atoms with Crippen LogP contribution < -0.4 is 0 Å². The third-order valence-corrected chi connectivity index (χ3v) is 7.99. The van der Waals surface area contributed by atoms with Gasteiger partial charge in [0.25, 0.3) is 0 Å². The van der Waals surface area contributed by atoms with Crippen LogP contribution in [0.25, 0.3) is 22.4 Å². The summed E-state index contributed by atoms with van der Waals surface area (Å²) in [5.41, 5.74) is -4.49. The van der Waals surface area contributed by atoms with Crippen LogP contribution in [0.2, 0.25) is 0 Å². The smallest absolute Gasteiger partial charge is 0.416 e. The molecule has 4 rings (SSSR count). The lowest BCUT2D eigenvalue weighted by molar-refractivity contribution is -0.149. The van der Waals surface area contributed by atoms with E-state index in [1.54, 1.807) is 17.8 Å². The fraction of sp³-hybridized carbons (Fsp3) is 0.382. The van der Waals surface area contributed by atoms with Gasteiger partial charge < -0.3 is 18.8 Å². The van der Waals surface area contributed by atoms with E-state index in [0.29, 0.717) is 34.6 Å². The molecule has 51 heavy (non-hydrogen) atoms. The highest BCUT2D eigenvalue weighted by atomic mass is 19.4. The number of hydrogen-bond donors (Lipinski definition) is 0. The van der Waals surface area contributed by atoms with Crippen LogP contribution in [0, 0.1) is 0 Å². The van der Waals surface area contributed by atoms with Crippen molar-refractivity contribution in [3.63, 3.8) is 0 Å². The first kappa shape index (κ1) is 38.5. The second-order valence-corrected chi connectivity index (χ2v) is 11.6. The Labute approximate surface area is 287 Å². The molecule has 0 bridgehead atoms. The molecule has 1 unspecified atom stereocenters. The summed E-state index contributed by atoms with van der Waals surface area (Å²) in [4.78, 5) is 57.0. The highest BCUT2D eigenvalue weighted by Gasteiger charge is 2.45. The van der Waals surface area contributed by atoms with Gasteiger partial charge in [-0.1, -0.05) is 6.07 Å². The highest BCUT2D eigenvalue weighted by Crippen LogP contribution is 2.39. The lowest BCUT2D eigenvalue weighted by atomic mass is 9.73. The number of aromatic nitrogens is 4. The van der Waals surface area contributed by atoms with Crippen molar-refractivity contribution >= 4 is 35.3 Å². The standard InChI is InChI=1S/C34H33F6N5O6/c1-6-51-30(47)24-8-7-21(27-28-29(43-17-42-27)45(18-44-28)19(2)3)13-25(24)32(31(48)50-5,10-9-26(46)49-4)16-41-15-20-11-22(33(35,36)37)14-23(12-20)34(38,39)40/h7-8,11-15,17-19H,6,9-10,16H2,1-5H3. The van der Waals surface area contributed by atoms with Crippen LogP contribution in [-0.2, 0) is 41.6 Å². The Balaban J connectivity index is 1.98. The summed E-state index contributed by atoms with van der Waals surface area (Å²) >= 11 is 0. The summed E-state index contributed by atoms with van der Waals surface area (Å²) in [5, 5.41) is 0. The number of nitrogens with zero attached hydrogens (tertiary/aromatic N) is 5. The van der Waals surface area contributed by atoms with E-state index in [1.807, 2.05) is 13.8 Å². The molecule has 2 aromatic carbocycles. The molecule has 0 radical (unpaired) electrons. The monoisotopic (exact) mass is 721 g/mol. The van der Waals surface area contributed by atoms with Crippen molar-refractivity contribution in [2.75, 3.05) is 27.4 Å². The van der Waals surface area contributed by atoms with Crippen LogP contribution in [-0.4, -0.2) is 71.0 Å². The second kappa shape index (κ2) is 15.3. The zero-order chi connectivity index (χ0) is 37.7. The molecule has 0 aliphatic heterocycles. The highest BCUT2D eigenvalue weighted by molar-refractivity contribution is 5.97. The average Bonchev–Trinajstić information content (AvgIpc) is 3.53. The van der Waals surface area contributed by atoms with E-state index in [9.17, 15) is 40.7 Å². The topological polar surface area (TPSA) is 135 Å². The second-order valence-electron chi connectivity index (χ2n) is 11.6. The number of hydrogen-bond acceptors (Lipinski definition) is 10. The van der Waals surface area contributed by atoms with Crippen LogP contribution in [0.15, 0.2) is 54.0 Å². The molecule has 0 amide bonds. The van der Waals surface area contributed by atoms with E-state index >= 15 is 0 Å². The first-order valence-electron chi connectivity index (χ1n) is 15.4. The number of rotatable bonds is 12. The molecule has 17 heteroatoms. The number of imidazole rings is 1. The van der Waals surface area contributed by atoms with Gasteiger partial charge in [-0.15, -0.1) is 0 Å². The molecular weight excluding hydrogens is 688 g/mol. The summed E-state index contributed by atoms with van der Waals surface area (Å²) in [6.07, 6.45) is -7.48.